The fourth-order valence-corrected chi connectivity index (χ4v) is 3.04. The minimum Gasteiger partial charge on any atom is -0.389 e. The minimum absolute atomic E-state index is 0.0187. The van der Waals surface area contributed by atoms with Gasteiger partial charge in [-0.1, -0.05) is 23.7 Å². The Labute approximate surface area is 142 Å². The Morgan fingerprint density at radius 3 is 2.83 bits per heavy atom. The summed E-state index contributed by atoms with van der Waals surface area (Å²) in [6, 6.07) is 7.35. The summed E-state index contributed by atoms with van der Waals surface area (Å²) in [7, 11) is 1.65. The van der Waals surface area contributed by atoms with Crippen LogP contribution in [0.2, 0.25) is 5.02 Å². The second-order valence-corrected chi connectivity index (χ2v) is 6.38. The Hall–Kier alpha value is -1.14. The van der Waals surface area contributed by atoms with Crippen LogP contribution in [-0.2, 0) is 9.53 Å². The van der Waals surface area contributed by atoms with Gasteiger partial charge in [-0.25, -0.2) is 0 Å². The maximum Gasteiger partial charge on any atom is 0.237 e. The molecule has 1 aromatic carbocycles. The minimum atomic E-state index is -0.616. The first-order chi connectivity index (χ1) is 11.0. The summed E-state index contributed by atoms with van der Waals surface area (Å²) in [4.78, 5) is 13.8. The number of likely N-dealkylation sites (N-methyl/N-ethyl adjacent to an activating group) is 1. The monoisotopic (exact) mass is 340 g/mol. The quantitative estimate of drug-likeness (QED) is 0.797. The number of ether oxygens (including phenoxy) is 1. The molecule has 1 aliphatic heterocycles. The molecule has 0 radical (unpaired) electrons. The first-order valence-electron chi connectivity index (χ1n) is 8.02. The molecule has 0 aromatic heterocycles. The van der Waals surface area contributed by atoms with Gasteiger partial charge >= 0.3 is 0 Å². The van der Waals surface area contributed by atoms with Crippen molar-refractivity contribution in [3.63, 3.8) is 0 Å². The Bertz CT molecular complexity index is 509. The van der Waals surface area contributed by atoms with Crippen molar-refractivity contribution >= 4 is 17.5 Å². The van der Waals surface area contributed by atoms with E-state index in [9.17, 15) is 9.90 Å². The SMILES string of the molecule is CNC(=O)C1CCCN1CC(O)COC(C)c1ccc(Cl)cc1. The number of carbonyl (C=O) groups excluding carboxylic acids is 1. The molecule has 5 nitrogen and oxygen atoms in total. The first-order valence-corrected chi connectivity index (χ1v) is 8.40. The molecule has 0 spiro atoms. The molecule has 6 heteroatoms. The number of amides is 1. The third-order valence-corrected chi connectivity index (χ3v) is 4.49. The van der Waals surface area contributed by atoms with Gasteiger partial charge in [-0.05, 0) is 44.0 Å². The van der Waals surface area contributed by atoms with Crippen LogP contribution in [0.15, 0.2) is 24.3 Å². The molecule has 1 aliphatic rings. The normalized spacial score (nSPS) is 21.1. The fourth-order valence-electron chi connectivity index (χ4n) is 2.92. The van der Waals surface area contributed by atoms with Crippen LogP contribution in [0.5, 0.6) is 0 Å². The van der Waals surface area contributed by atoms with Gasteiger partial charge in [0.2, 0.25) is 5.91 Å². The van der Waals surface area contributed by atoms with Gasteiger partial charge in [0, 0.05) is 18.6 Å². The van der Waals surface area contributed by atoms with Gasteiger partial charge in [-0.3, -0.25) is 9.69 Å². The number of aliphatic hydroxyl groups is 1. The van der Waals surface area contributed by atoms with E-state index in [4.69, 9.17) is 16.3 Å². The molecule has 3 unspecified atom stereocenters. The molecule has 3 atom stereocenters. The lowest BCUT2D eigenvalue weighted by Crippen LogP contribution is -2.45. The number of β-amino-alcohol motifs (C(OH)–C–C–N with tert-alkyl or cyclic N) is 1. The van der Waals surface area contributed by atoms with E-state index in [-0.39, 0.29) is 24.7 Å². The van der Waals surface area contributed by atoms with Crippen molar-refractivity contribution in [1.29, 1.82) is 0 Å². The summed E-state index contributed by atoms with van der Waals surface area (Å²) in [5, 5.41) is 13.6. The van der Waals surface area contributed by atoms with Crippen LogP contribution in [0.1, 0.15) is 31.4 Å². The number of hydrogen-bond acceptors (Lipinski definition) is 4. The fraction of sp³-hybridized carbons (Fsp3) is 0.588. The van der Waals surface area contributed by atoms with Crippen LogP contribution in [0.25, 0.3) is 0 Å². The van der Waals surface area contributed by atoms with Gasteiger partial charge in [-0.15, -0.1) is 0 Å². The van der Waals surface area contributed by atoms with Gasteiger partial charge in [0.1, 0.15) is 0 Å². The van der Waals surface area contributed by atoms with Crippen LogP contribution < -0.4 is 5.32 Å². The smallest absolute Gasteiger partial charge is 0.237 e. The lowest BCUT2D eigenvalue weighted by Gasteiger charge is -2.26. The zero-order chi connectivity index (χ0) is 16.8. The number of aliphatic hydroxyl groups excluding tert-OH is 1. The van der Waals surface area contributed by atoms with Crippen LogP contribution in [-0.4, -0.2) is 54.8 Å². The predicted molar refractivity (Wildman–Crippen MR) is 90.5 cm³/mol. The molecule has 1 amide bonds. The number of nitrogens with one attached hydrogen (secondary N) is 1. The first kappa shape index (κ1) is 18.2. The van der Waals surface area contributed by atoms with Gasteiger partial charge < -0.3 is 15.2 Å². The highest BCUT2D eigenvalue weighted by atomic mass is 35.5. The van der Waals surface area contributed by atoms with Crippen molar-refractivity contribution in [3.8, 4) is 0 Å². The van der Waals surface area contributed by atoms with Crippen LogP contribution in [0.4, 0.5) is 0 Å². The number of nitrogens with zero attached hydrogens (tertiary/aromatic N) is 1. The lowest BCUT2D eigenvalue weighted by atomic mass is 10.1. The lowest BCUT2D eigenvalue weighted by molar-refractivity contribution is -0.125. The molecule has 0 aliphatic carbocycles. The van der Waals surface area contributed by atoms with E-state index in [1.165, 1.54) is 0 Å². The zero-order valence-corrected chi connectivity index (χ0v) is 14.4. The third kappa shape index (κ3) is 5.18. The second-order valence-electron chi connectivity index (χ2n) is 5.95. The number of benzene rings is 1. The van der Waals surface area contributed by atoms with E-state index in [1.807, 2.05) is 36.1 Å². The van der Waals surface area contributed by atoms with E-state index < -0.39 is 6.10 Å². The van der Waals surface area contributed by atoms with E-state index in [0.29, 0.717) is 11.6 Å². The number of halogens is 1. The van der Waals surface area contributed by atoms with Gasteiger partial charge in [0.05, 0.1) is 24.9 Å². The highest BCUT2D eigenvalue weighted by Crippen LogP contribution is 2.21. The Balaban J connectivity index is 1.79. The maximum absolute atomic E-state index is 11.8. The molecule has 23 heavy (non-hydrogen) atoms. The molecule has 2 N–H and O–H groups in total. The summed E-state index contributed by atoms with van der Waals surface area (Å²) in [5.74, 6) is 0.0187. The van der Waals surface area contributed by atoms with Crippen molar-refractivity contribution in [1.82, 2.24) is 10.2 Å². The largest absolute Gasteiger partial charge is 0.389 e. The second kappa shape index (κ2) is 8.64. The summed E-state index contributed by atoms with van der Waals surface area (Å²) >= 11 is 5.87. The van der Waals surface area contributed by atoms with Crippen molar-refractivity contribution in [2.75, 3.05) is 26.7 Å². The number of likely N-dealkylation sites (tertiary alicyclic amines) is 1. The Morgan fingerprint density at radius 2 is 2.17 bits per heavy atom. The van der Waals surface area contributed by atoms with Crippen LogP contribution in [0.3, 0.4) is 0 Å². The molecule has 128 valence electrons. The van der Waals surface area contributed by atoms with Crippen molar-refractivity contribution < 1.29 is 14.6 Å². The predicted octanol–water partition coefficient (Wildman–Crippen LogP) is 1.99. The number of rotatable bonds is 7. The van der Waals surface area contributed by atoms with Gasteiger partial charge in [0.25, 0.3) is 0 Å². The van der Waals surface area contributed by atoms with Crippen molar-refractivity contribution in [2.24, 2.45) is 0 Å². The molecular formula is C17H25ClN2O3. The van der Waals surface area contributed by atoms with E-state index >= 15 is 0 Å². The summed E-state index contributed by atoms with van der Waals surface area (Å²) in [6.07, 6.45) is 1.09. The molecule has 1 heterocycles. The third-order valence-electron chi connectivity index (χ3n) is 4.24. The highest BCUT2D eigenvalue weighted by molar-refractivity contribution is 6.30. The standard InChI is InChI=1S/C17H25ClN2O3/c1-12(13-5-7-14(18)8-6-13)23-11-15(21)10-20-9-3-4-16(20)17(22)19-2/h5-8,12,15-16,21H,3-4,9-11H2,1-2H3,(H,19,22). The molecule has 1 saturated heterocycles. The van der Waals surface area contributed by atoms with Crippen molar-refractivity contribution in [2.45, 2.75) is 38.0 Å². The molecule has 0 saturated carbocycles. The molecule has 0 bridgehead atoms. The Kier molecular flexibility index (Phi) is 6.84. The Morgan fingerprint density at radius 1 is 1.48 bits per heavy atom. The molecule has 1 fully saturated rings. The van der Waals surface area contributed by atoms with E-state index in [1.54, 1.807) is 7.05 Å². The number of carbonyl (C=O) groups is 1. The molecule has 2 rings (SSSR count). The van der Waals surface area contributed by atoms with Crippen molar-refractivity contribution in [3.05, 3.63) is 34.9 Å². The highest BCUT2D eigenvalue weighted by Gasteiger charge is 2.31. The van der Waals surface area contributed by atoms with E-state index in [0.717, 1.165) is 24.9 Å². The average molecular weight is 341 g/mol. The summed E-state index contributed by atoms with van der Waals surface area (Å²) < 4.78 is 5.74. The van der Waals surface area contributed by atoms with Crippen LogP contribution in [0, 0.1) is 0 Å². The summed E-state index contributed by atoms with van der Waals surface area (Å²) in [6.45, 7) is 3.47. The zero-order valence-electron chi connectivity index (χ0n) is 13.7. The van der Waals surface area contributed by atoms with Gasteiger partial charge in [0.15, 0.2) is 0 Å². The molecular weight excluding hydrogens is 316 g/mol. The maximum atomic E-state index is 11.8. The topological polar surface area (TPSA) is 61.8 Å². The van der Waals surface area contributed by atoms with Crippen LogP contribution >= 0.6 is 11.6 Å². The summed E-state index contributed by atoms with van der Waals surface area (Å²) in [5.41, 5.74) is 1.02. The van der Waals surface area contributed by atoms with E-state index in [2.05, 4.69) is 5.32 Å². The number of hydrogen-bond donors (Lipinski definition) is 2. The average Bonchev–Trinajstić information content (AvgIpc) is 3.00. The van der Waals surface area contributed by atoms with Gasteiger partial charge in [-0.2, -0.15) is 0 Å². The molecule has 1 aromatic rings.